The average molecular weight is 383 g/mol. The number of ether oxygens (including phenoxy) is 1. The number of nitrogens with one attached hydrogen (secondary N) is 2. The van der Waals surface area contributed by atoms with Crippen LogP contribution in [0.4, 0.5) is 20.3 Å². The number of methoxy groups -OCH3 is 1. The maximum atomic E-state index is 13.8. The fourth-order valence-electron chi connectivity index (χ4n) is 2.69. The molecular weight excluding hydrogens is 364 g/mol. The van der Waals surface area contributed by atoms with Crippen LogP contribution in [-0.2, 0) is 6.42 Å². The number of nitrogens with zero attached hydrogens (tertiary/aromatic N) is 1. The Hall–Kier alpha value is -3.48. The number of para-hydroxylation sites is 1. The molecule has 0 aliphatic rings. The molecule has 3 rings (SSSR count). The Kier molecular flexibility index (Phi) is 6.16. The Morgan fingerprint density at radius 2 is 1.93 bits per heavy atom. The van der Waals surface area contributed by atoms with Crippen LogP contribution in [0.3, 0.4) is 0 Å². The van der Waals surface area contributed by atoms with Crippen molar-refractivity contribution in [2.45, 2.75) is 6.42 Å². The van der Waals surface area contributed by atoms with E-state index in [1.807, 2.05) is 24.3 Å². The average Bonchev–Trinajstić information content (AvgIpc) is 2.70. The molecule has 1 aromatic heterocycles. The summed E-state index contributed by atoms with van der Waals surface area (Å²) in [5, 5.41) is 5.58. The molecule has 0 saturated heterocycles. The molecule has 2 N–H and O–H groups in total. The van der Waals surface area contributed by atoms with Crippen molar-refractivity contribution in [3.8, 4) is 5.75 Å². The number of benzene rings is 2. The predicted molar refractivity (Wildman–Crippen MR) is 103 cm³/mol. The van der Waals surface area contributed by atoms with E-state index >= 15 is 0 Å². The molecule has 3 aromatic rings. The highest BCUT2D eigenvalue weighted by Crippen LogP contribution is 2.20. The number of pyridine rings is 1. The molecule has 0 spiro atoms. The van der Waals surface area contributed by atoms with Crippen LogP contribution in [0.1, 0.15) is 15.9 Å². The van der Waals surface area contributed by atoms with Crippen molar-refractivity contribution in [2.75, 3.05) is 19.0 Å². The lowest BCUT2D eigenvalue weighted by molar-refractivity contribution is 0.0954. The monoisotopic (exact) mass is 383 g/mol. The minimum absolute atomic E-state index is 0.0719. The maximum absolute atomic E-state index is 13.8. The van der Waals surface area contributed by atoms with E-state index in [4.69, 9.17) is 4.74 Å². The van der Waals surface area contributed by atoms with E-state index in [-0.39, 0.29) is 17.4 Å². The largest absolute Gasteiger partial charge is 0.496 e. The molecule has 1 heterocycles. The van der Waals surface area contributed by atoms with Crippen LogP contribution in [0, 0.1) is 11.6 Å². The van der Waals surface area contributed by atoms with E-state index in [0.717, 1.165) is 23.4 Å². The van der Waals surface area contributed by atoms with Crippen LogP contribution < -0.4 is 15.4 Å². The first-order chi connectivity index (χ1) is 13.6. The first-order valence-corrected chi connectivity index (χ1v) is 8.65. The quantitative estimate of drug-likeness (QED) is 0.645. The summed E-state index contributed by atoms with van der Waals surface area (Å²) < 4.78 is 32.1. The van der Waals surface area contributed by atoms with Gasteiger partial charge in [-0.05, 0) is 42.3 Å². The Labute approximate surface area is 161 Å². The molecule has 0 aliphatic carbocycles. The number of rotatable bonds is 7. The van der Waals surface area contributed by atoms with Crippen LogP contribution in [-0.4, -0.2) is 24.5 Å². The van der Waals surface area contributed by atoms with Gasteiger partial charge in [0.2, 0.25) is 0 Å². The van der Waals surface area contributed by atoms with E-state index in [2.05, 4.69) is 15.6 Å². The van der Waals surface area contributed by atoms with Crippen molar-refractivity contribution in [1.29, 1.82) is 0 Å². The molecule has 0 fully saturated rings. The highest BCUT2D eigenvalue weighted by Gasteiger charge is 2.10. The second-order valence-electron chi connectivity index (χ2n) is 6.00. The number of hydrogen-bond acceptors (Lipinski definition) is 4. The van der Waals surface area contributed by atoms with Gasteiger partial charge in [0.1, 0.15) is 23.2 Å². The lowest BCUT2D eigenvalue weighted by Crippen LogP contribution is -2.25. The summed E-state index contributed by atoms with van der Waals surface area (Å²) in [4.78, 5) is 16.4. The van der Waals surface area contributed by atoms with Gasteiger partial charge in [-0.15, -0.1) is 0 Å². The molecule has 144 valence electrons. The van der Waals surface area contributed by atoms with Gasteiger partial charge in [-0.25, -0.2) is 13.8 Å². The number of carbonyl (C=O) groups is 1. The number of carbonyl (C=O) groups excluding carboxylic acids is 1. The molecule has 0 saturated carbocycles. The zero-order valence-electron chi connectivity index (χ0n) is 15.2. The minimum Gasteiger partial charge on any atom is -0.496 e. The van der Waals surface area contributed by atoms with Gasteiger partial charge in [-0.1, -0.05) is 18.2 Å². The van der Waals surface area contributed by atoms with Crippen LogP contribution >= 0.6 is 0 Å². The molecule has 0 aliphatic heterocycles. The van der Waals surface area contributed by atoms with Crippen LogP contribution in [0.15, 0.2) is 60.8 Å². The lowest BCUT2D eigenvalue weighted by atomic mass is 10.1. The first-order valence-electron chi connectivity index (χ1n) is 8.65. The van der Waals surface area contributed by atoms with Gasteiger partial charge in [0.25, 0.3) is 5.91 Å². The van der Waals surface area contributed by atoms with E-state index in [1.165, 1.54) is 18.3 Å². The van der Waals surface area contributed by atoms with E-state index in [1.54, 1.807) is 13.2 Å². The third-order valence-electron chi connectivity index (χ3n) is 4.09. The van der Waals surface area contributed by atoms with Gasteiger partial charge in [0.15, 0.2) is 0 Å². The van der Waals surface area contributed by atoms with Crippen molar-refractivity contribution in [2.24, 2.45) is 0 Å². The van der Waals surface area contributed by atoms with Crippen molar-refractivity contribution in [3.63, 3.8) is 0 Å². The Bertz CT molecular complexity index is 979. The molecule has 0 bridgehead atoms. The molecule has 28 heavy (non-hydrogen) atoms. The molecule has 0 unspecified atom stereocenters. The highest BCUT2D eigenvalue weighted by atomic mass is 19.1. The van der Waals surface area contributed by atoms with Gasteiger partial charge >= 0.3 is 0 Å². The van der Waals surface area contributed by atoms with Crippen LogP contribution in [0.5, 0.6) is 5.75 Å². The Morgan fingerprint density at radius 3 is 2.71 bits per heavy atom. The molecular formula is C21H19F2N3O2. The summed E-state index contributed by atoms with van der Waals surface area (Å²) in [6.45, 7) is 0.427. The van der Waals surface area contributed by atoms with Crippen molar-refractivity contribution < 1.29 is 18.3 Å². The van der Waals surface area contributed by atoms with Gasteiger partial charge < -0.3 is 15.4 Å². The molecule has 5 nitrogen and oxygen atoms in total. The number of halogens is 2. The van der Waals surface area contributed by atoms with Crippen molar-refractivity contribution >= 4 is 17.4 Å². The van der Waals surface area contributed by atoms with Gasteiger partial charge in [-0.3, -0.25) is 4.79 Å². The summed E-state index contributed by atoms with van der Waals surface area (Å²) in [5.74, 6) is -0.635. The third kappa shape index (κ3) is 4.82. The standard InChI is InChI=1S/C21H19F2N3O2/c1-28-19-5-3-2-4-14(19)8-11-25-21(27)15-9-10-24-20(12-15)26-18-7-6-16(22)13-17(18)23/h2-7,9-10,12-13H,8,11H2,1H3,(H,24,26)(H,25,27). The SMILES string of the molecule is COc1ccccc1CCNC(=O)c1ccnc(Nc2ccc(F)cc2F)c1. The van der Waals surface area contributed by atoms with Gasteiger partial charge in [0, 0.05) is 24.4 Å². The van der Waals surface area contributed by atoms with Crippen LogP contribution in [0.2, 0.25) is 0 Å². The summed E-state index contributed by atoms with van der Waals surface area (Å²) in [5.41, 5.74) is 1.44. The molecule has 1 amide bonds. The molecule has 7 heteroatoms. The number of amides is 1. The maximum Gasteiger partial charge on any atom is 0.251 e. The second kappa shape index (κ2) is 8.94. The Balaban J connectivity index is 1.62. The van der Waals surface area contributed by atoms with Crippen LogP contribution in [0.25, 0.3) is 0 Å². The number of aromatic nitrogens is 1. The number of hydrogen-bond donors (Lipinski definition) is 2. The fourth-order valence-corrected chi connectivity index (χ4v) is 2.69. The van der Waals surface area contributed by atoms with E-state index < -0.39 is 11.6 Å². The zero-order chi connectivity index (χ0) is 19.9. The first kappa shape index (κ1) is 19.3. The van der Waals surface area contributed by atoms with Crippen molar-refractivity contribution in [1.82, 2.24) is 10.3 Å². The topological polar surface area (TPSA) is 63.2 Å². The highest BCUT2D eigenvalue weighted by molar-refractivity contribution is 5.94. The lowest BCUT2D eigenvalue weighted by Gasteiger charge is -2.10. The fraction of sp³-hybridized carbons (Fsp3) is 0.143. The molecule has 2 aromatic carbocycles. The molecule has 0 atom stereocenters. The second-order valence-corrected chi connectivity index (χ2v) is 6.00. The normalized spacial score (nSPS) is 10.4. The van der Waals surface area contributed by atoms with Crippen molar-refractivity contribution in [3.05, 3.63) is 83.6 Å². The summed E-state index contributed by atoms with van der Waals surface area (Å²) >= 11 is 0. The summed E-state index contributed by atoms with van der Waals surface area (Å²) in [6, 6.07) is 13.9. The van der Waals surface area contributed by atoms with E-state index in [0.29, 0.717) is 18.5 Å². The summed E-state index contributed by atoms with van der Waals surface area (Å²) in [6.07, 6.45) is 2.06. The minimum atomic E-state index is -0.742. The van der Waals surface area contributed by atoms with Gasteiger partial charge in [-0.2, -0.15) is 0 Å². The Morgan fingerprint density at radius 1 is 1.11 bits per heavy atom. The van der Waals surface area contributed by atoms with E-state index in [9.17, 15) is 13.6 Å². The zero-order valence-corrected chi connectivity index (χ0v) is 15.2. The smallest absolute Gasteiger partial charge is 0.251 e. The summed E-state index contributed by atoms with van der Waals surface area (Å²) in [7, 11) is 1.60. The predicted octanol–water partition coefficient (Wildman–Crippen LogP) is 4.08. The van der Waals surface area contributed by atoms with Gasteiger partial charge in [0.05, 0.1) is 12.8 Å². The number of anilines is 2. The molecule has 0 radical (unpaired) electrons. The third-order valence-corrected chi connectivity index (χ3v) is 4.09.